The first-order chi connectivity index (χ1) is 17.0. The summed E-state index contributed by atoms with van der Waals surface area (Å²) in [5.74, 6) is 1.84. The molecule has 1 fully saturated rings. The normalized spacial score (nSPS) is 13.4. The number of aryl methyl sites for hydroxylation is 1. The number of aromatic nitrogens is 4. The summed E-state index contributed by atoms with van der Waals surface area (Å²) >= 11 is 0. The van der Waals surface area contributed by atoms with Crippen molar-refractivity contribution in [3.8, 4) is 22.9 Å². The lowest BCUT2D eigenvalue weighted by Crippen LogP contribution is -2.21. The Morgan fingerprint density at radius 3 is 2.77 bits per heavy atom. The van der Waals surface area contributed by atoms with Crippen LogP contribution in [0.3, 0.4) is 0 Å². The molecule has 4 aromatic rings. The van der Waals surface area contributed by atoms with Crippen molar-refractivity contribution in [2.24, 2.45) is 5.92 Å². The molecular weight excluding hydrogens is 440 g/mol. The molecule has 5 rings (SSSR count). The fourth-order valence-electron chi connectivity index (χ4n) is 4.10. The molecule has 0 saturated heterocycles. The van der Waals surface area contributed by atoms with E-state index in [4.69, 9.17) is 9.84 Å². The van der Waals surface area contributed by atoms with E-state index in [0.717, 1.165) is 41.2 Å². The molecule has 1 N–H and O–H groups in total. The van der Waals surface area contributed by atoms with Crippen molar-refractivity contribution in [2.45, 2.75) is 26.2 Å². The topological polar surface area (TPSA) is 84.7 Å². The molecule has 0 atom stereocenters. The van der Waals surface area contributed by atoms with E-state index in [-0.39, 0.29) is 5.78 Å². The van der Waals surface area contributed by atoms with Gasteiger partial charge in [0.2, 0.25) is 5.88 Å². The van der Waals surface area contributed by atoms with Crippen molar-refractivity contribution in [2.75, 3.05) is 32.5 Å². The van der Waals surface area contributed by atoms with Crippen LogP contribution in [0.2, 0.25) is 0 Å². The Morgan fingerprint density at radius 2 is 2.06 bits per heavy atom. The smallest absolute Gasteiger partial charge is 0.239 e. The monoisotopic (exact) mass is 470 g/mol. The van der Waals surface area contributed by atoms with Crippen LogP contribution in [-0.2, 0) is 0 Å². The molecule has 0 aliphatic heterocycles. The number of ketones is 1. The second kappa shape index (κ2) is 9.84. The van der Waals surface area contributed by atoms with Gasteiger partial charge < -0.3 is 15.0 Å². The lowest BCUT2D eigenvalue weighted by molar-refractivity contribution is 0.0975. The highest BCUT2D eigenvalue weighted by Gasteiger charge is 2.25. The third-order valence-corrected chi connectivity index (χ3v) is 6.17. The maximum atomic E-state index is 12.7. The number of rotatable bonds is 10. The zero-order valence-electron chi connectivity index (χ0n) is 20.4. The number of anilines is 1. The van der Waals surface area contributed by atoms with Crippen LogP contribution in [0.5, 0.6) is 11.6 Å². The molecule has 1 saturated carbocycles. The summed E-state index contributed by atoms with van der Waals surface area (Å²) in [6.07, 6.45) is 8.16. The minimum Gasteiger partial charge on any atom is -0.436 e. The van der Waals surface area contributed by atoms with Gasteiger partial charge in [0.1, 0.15) is 5.75 Å². The first-order valence-corrected chi connectivity index (χ1v) is 12.0. The quantitative estimate of drug-likeness (QED) is 0.332. The number of hydrogen-bond donors (Lipinski definition) is 1. The van der Waals surface area contributed by atoms with Crippen LogP contribution in [0.4, 0.5) is 5.69 Å². The minimum absolute atomic E-state index is 0.229. The third kappa shape index (κ3) is 5.33. The predicted molar refractivity (Wildman–Crippen MR) is 136 cm³/mol. The van der Waals surface area contributed by atoms with E-state index in [1.807, 2.05) is 63.6 Å². The van der Waals surface area contributed by atoms with Crippen LogP contribution in [0, 0.1) is 12.8 Å². The Kier molecular flexibility index (Phi) is 6.46. The summed E-state index contributed by atoms with van der Waals surface area (Å²) in [5.41, 5.74) is 5.09. The van der Waals surface area contributed by atoms with Gasteiger partial charge in [-0.25, -0.2) is 9.50 Å². The zero-order valence-corrected chi connectivity index (χ0v) is 20.4. The number of fused-ring (bicyclic) bond motifs is 1. The predicted octanol–water partition coefficient (Wildman–Crippen LogP) is 4.85. The van der Waals surface area contributed by atoms with E-state index in [1.165, 1.54) is 12.8 Å². The number of benzene rings is 1. The van der Waals surface area contributed by atoms with Crippen molar-refractivity contribution in [1.29, 1.82) is 0 Å². The molecule has 3 aromatic heterocycles. The average molecular weight is 471 g/mol. The molecule has 0 unspecified atom stereocenters. The number of pyridine rings is 1. The fourth-order valence-corrected chi connectivity index (χ4v) is 4.10. The molecule has 0 amide bonds. The van der Waals surface area contributed by atoms with Crippen LogP contribution in [0.15, 0.2) is 55.0 Å². The molecule has 0 bridgehead atoms. The Hall–Kier alpha value is -3.78. The van der Waals surface area contributed by atoms with Crippen LogP contribution in [-0.4, -0.2) is 57.5 Å². The number of carbonyl (C=O) groups excluding carboxylic acids is 1. The van der Waals surface area contributed by atoms with Crippen molar-refractivity contribution >= 4 is 17.1 Å². The largest absolute Gasteiger partial charge is 0.436 e. The second-order valence-corrected chi connectivity index (χ2v) is 9.40. The maximum Gasteiger partial charge on any atom is 0.239 e. The lowest BCUT2D eigenvalue weighted by Gasteiger charge is -2.14. The van der Waals surface area contributed by atoms with Crippen molar-refractivity contribution in [1.82, 2.24) is 24.5 Å². The van der Waals surface area contributed by atoms with E-state index in [1.54, 1.807) is 16.9 Å². The molecule has 180 valence electrons. The van der Waals surface area contributed by atoms with Gasteiger partial charge in [-0.3, -0.25) is 9.78 Å². The Bertz CT molecular complexity index is 1340. The van der Waals surface area contributed by atoms with Crippen LogP contribution < -0.4 is 10.1 Å². The molecule has 8 heteroatoms. The molecule has 8 nitrogen and oxygen atoms in total. The molecule has 3 heterocycles. The highest BCUT2D eigenvalue weighted by atomic mass is 16.5. The number of imidazole rings is 1. The van der Waals surface area contributed by atoms with Gasteiger partial charge >= 0.3 is 0 Å². The van der Waals surface area contributed by atoms with E-state index in [0.29, 0.717) is 29.6 Å². The highest BCUT2D eigenvalue weighted by Crippen LogP contribution is 2.34. The number of nitrogens with one attached hydrogen (secondary N) is 1. The van der Waals surface area contributed by atoms with Gasteiger partial charge in [-0.15, -0.1) is 5.10 Å². The summed E-state index contributed by atoms with van der Waals surface area (Å²) < 4.78 is 7.81. The standard InChI is InChI=1S/C27H30N6O2/c1-18-13-20(8-9-22(18)25(34)14-19-6-7-19)24-17-30-27-23(29-11-12-32(2)3)15-26(31-33(24)27)35-21-5-4-10-28-16-21/h4-5,8-10,13,15-17,19,29H,6-7,11-12,14H2,1-3H3. The summed E-state index contributed by atoms with van der Waals surface area (Å²) in [6, 6.07) is 11.5. The molecule has 1 aromatic carbocycles. The third-order valence-electron chi connectivity index (χ3n) is 6.17. The SMILES string of the molecule is Cc1cc(-c2cnc3c(NCCN(C)C)cc(Oc4cccnc4)nn23)ccc1C(=O)CC1CC1. The summed E-state index contributed by atoms with van der Waals surface area (Å²) in [4.78, 5) is 23.6. The molecule has 0 spiro atoms. The summed E-state index contributed by atoms with van der Waals surface area (Å²) in [7, 11) is 4.07. The molecule has 1 aliphatic rings. The average Bonchev–Trinajstić information content (AvgIpc) is 3.54. The van der Waals surface area contributed by atoms with Crippen LogP contribution in [0.1, 0.15) is 35.2 Å². The lowest BCUT2D eigenvalue weighted by atomic mass is 9.98. The number of ether oxygens (including phenoxy) is 1. The number of likely N-dealkylation sites (N-methyl/N-ethyl adjacent to an activating group) is 1. The van der Waals surface area contributed by atoms with Gasteiger partial charge in [-0.1, -0.05) is 12.1 Å². The number of carbonyl (C=O) groups is 1. The van der Waals surface area contributed by atoms with E-state index in [2.05, 4.69) is 20.2 Å². The van der Waals surface area contributed by atoms with Gasteiger partial charge in [-0.2, -0.15) is 0 Å². The van der Waals surface area contributed by atoms with E-state index in [9.17, 15) is 4.79 Å². The zero-order chi connectivity index (χ0) is 24.4. The minimum atomic E-state index is 0.229. The van der Waals surface area contributed by atoms with E-state index < -0.39 is 0 Å². The Labute approximate surface area is 205 Å². The van der Waals surface area contributed by atoms with Crippen molar-refractivity contribution in [3.63, 3.8) is 0 Å². The molecule has 0 radical (unpaired) electrons. The fraction of sp³-hybridized carbons (Fsp3) is 0.333. The summed E-state index contributed by atoms with van der Waals surface area (Å²) in [5, 5.41) is 8.20. The number of Topliss-reactive ketones (excluding diaryl/α,β-unsaturated/α-hetero) is 1. The molecule has 35 heavy (non-hydrogen) atoms. The van der Waals surface area contributed by atoms with Gasteiger partial charge in [0.25, 0.3) is 0 Å². The van der Waals surface area contributed by atoms with Gasteiger partial charge in [0.05, 0.1) is 23.8 Å². The maximum absolute atomic E-state index is 12.7. The highest BCUT2D eigenvalue weighted by molar-refractivity contribution is 5.98. The Morgan fingerprint density at radius 1 is 1.20 bits per heavy atom. The van der Waals surface area contributed by atoms with E-state index >= 15 is 0 Å². The summed E-state index contributed by atoms with van der Waals surface area (Å²) in [6.45, 7) is 3.61. The number of hydrogen-bond acceptors (Lipinski definition) is 7. The Balaban J connectivity index is 1.51. The number of nitrogens with zero attached hydrogens (tertiary/aromatic N) is 5. The van der Waals surface area contributed by atoms with Crippen molar-refractivity contribution in [3.05, 3.63) is 66.1 Å². The van der Waals surface area contributed by atoms with Crippen LogP contribution >= 0.6 is 0 Å². The first-order valence-electron chi connectivity index (χ1n) is 12.0. The molecule has 1 aliphatic carbocycles. The van der Waals surface area contributed by atoms with Gasteiger partial charge in [0, 0.05) is 42.9 Å². The molecular formula is C27H30N6O2. The first kappa shape index (κ1) is 23.0. The van der Waals surface area contributed by atoms with Gasteiger partial charge in [0.15, 0.2) is 11.4 Å². The van der Waals surface area contributed by atoms with Gasteiger partial charge in [-0.05, 0) is 63.5 Å². The van der Waals surface area contributed by atoms with Crippen molar-refractivity contribution < 1.29 is 9.53 Å². The second-order valence-electron chi connectivity index (χ2n) is 9.40. The van der Waals surface area contributed by atoms with Crippen LogP contribution in [0.25, 0.3) is 16.9 Å².